The Kier molecular flexibility index (Phi) is 4.59. The lowest BCUT2D eigenvalue weighted by Crippen LogP contribution is -2.28. The van der Waals surface area contributed by atoms with Gasteiger partial charge < -0.3 is 10.2 Å². The van der Waals surface area contributed by atoms with Crippen LogP contribution in [-0.4, -0.2) is 10.2 Å². The molecular weight excluding hydrogens is 380 g/mol. The zero-order valence-corrected chi connectivity index (χ0v) is 17.9. The third kappa shape index (κ3) is 2.86. The van der Waals surface area contributed by atoms with E-state index < -0.39 is 5.41 Å². The SMILES string of the molecule is CCc1ccc2c(c1)-c1cc(CC)ccc1C2(c1ccc(O)cc1)c1ccc(O)cc1. The zero-order chi connectivity index (χ0) is 21.6. The van der Waals surface area contributed by atoms with Crippen LogP contribution in [0.4, 0.5) is 0 Å². The van der Waals surface area contributed by atoms with Crippen LogP contribution in [0.3, 0.4) is 0 Å². The maximum Gasteiger partial charge on any atom is 0.115 e. The normalized spacial score (nSPS) is 13.6. The first-order valence-corrected chi connectivity index (χ1v) is 10.9. The topological polar surface area (TPSA) is 40.5 Å². The fraction of sp³-hybridized carbons (Fsp3) is 0.172. The van der Waals surface area contributed by atoms with Crippen molar-refractivity contribution in [3.8, 4) is 22.6 Å². The molecule has 0 unspecified atom stereocenters. The van der Waals surface area contributed by atoms with Gasteiger partial charge in [0.15, 0.2) is 0 Å². The van der Waals surface area contributed by atoms with E-state index in [9.17, 15) is 10.2 Å². The number of fused-ring (bicyclic) bond motifs is 3. The third-order valence-electron chi connectivity index (χ3n) is 6.68. The van der Waals surface area contributed by atoms with E-state index >= 15 is 0 Å². The first kappa shape index (κ1) is 19.4. The molecule has 2 N–H and O–H groups in total. The monoisotopic (exact) mass is 406 g/mol. The Labute approximate surface area is 183 Å². The number of rotatable bonds is 4. The van der Waals surface area contributed by atoms with Crippen LogP contribution in [0, 0.1) is 0 Å². The van der Waals surface area contributed by atoms with Gasteiger partial charge in [-0.3, -0.25) is 0 Å². The summed E-state index contributed by atoms with van der Waals surface area (Å²) in [4.78, 5) is 0. The number of hydrogen-bond donors (Lipinski definition) is 2. The lowest BCUT2D eigenvalue weighted by Gasteiger charge is -2.34. The van der Waals surface area contributed by atoms with Crippen LogP contribution >= 0.6 is 0 Å². The van der Waals surface area contributed by atoms with Gasteiger partial charge >= 0.3 is 0 Å². The molecule has 0 aliphatic heterocycles. The Balaban J connectivity index is 1.93. The number of phenolic OH excluding ortho intramolecular Hbond substituents is 2. The van der Waals surface area contributed by atoms with Crippen LogP contribution in [0.25, 0.3) is 11.1 Å². The molecule has 0 saturated heterocycles. The van der Waals surface area contributed by atoms with Crippen molar-refractivity contribution in [3.05, 3.63) is 118 Å². The number of aromatic hydroxyl groups is 2. The molecule has 1 aliphatic carbocycles. The molecule has 0 aromatic heterocycles. The fourth-order valence-electron chi connectivity index (χ4n) is 5.08. The van der Waals surface area contributed by atoms with Crippen LogP contribution < -0.4 is 0 Å². The van der Waals surface area contributed by atoms with Crippen LogP contribution in [0.1, 0.15) is 47.2 Å². The molecular formula is C29H26O2. The lowest BCUT2D eigenvalue weighted by molar-refractivity contribution is 0.475. The molecule has 0 heterocycles. The summed E-state index contributed by atoms with van der Waals surface area (Å²) < 4.78 is 0. The van der Waals surface area contributed by atoms with Crippen LogP contribution in [0.15, 0.2) is 84.9 Å². The highest BCUT2D eigenvalue weighted by molar-refractivity contribution is 5.87. The summed E-state index contributed by atoms with van der Waals surface area (Å²) in [5.74, 6) is 0.511. The van der Waals surface area contributed by atoms with E-state index in [1.54, 1.807) is 24.3 Å². The van der Waals surface area contributed by atoms with Gasteiger partial charge in [-0.05, 0) is 81.6 Å². The second-order valence-electron chi connectivity index (χ2n) is 8.31. The van der Waals surface area contributed by atoms with Crippen molar-refractivity contribution in [1.82, 2.24) is 0 Å². The third-order valence-corrected chi connectivity index (χ3v) is 6.68. The Hall–Kier alpha value is -3.52. The van der Waals surface area contributed by atoms with Crippen molar-refractivity contribution in [1.29, 1.82) is 0 Å². The summed E-state index contributed by atoms with van der Waals surface area (Å²) in [7, 11) is 0. The minimum absolute atomic E-state index is 0.255. The van der Waals surface area contributed by atoms with Gasteiger partial charge in [0.05, 0.1) is 5.41 Å². The van der Waals surface area contributed by atoms with Gasteiger partial charge in [-0.2, -0.15) is 0 Å². The second-order valence-corrected chi connectivity index (χ2v) is 8.31. The van der Waals surface area contributed by atoms with E-state index in [-0.39, 0.29) is 11.5 Å². The molecule has 0 saturated carbocycles. The van der Waals surface area contributed by atoms with Crippen molar-refractivity contribution in [2.24, 2.45) is 0 Å². The van der Waals surface area contributed by atoms with Gasteiger partial charge in [0.1, 0.15) is 11.5 Å². The Morgan fingerprint density at radius 3 is 1.29 bits per heavy atom. The van der Waals surface area contributed by atoms with Crippen molar-refractivity contribution in [2.75, 3.05) is 0 Å². The van der Waals surface area contributed by atoms with Gasteiger partial charge in [-0.25, -0.2) is 0 Å². The van der Waals surface area contributed by atoms with Crippen molar-refractivity contribution < 1.29 is 10.2 Å². The molecule has 5 rings (SSSR count). The minimum atomic E-state index is -0.509. The van der Waals surface area contributed by atoms with E-state index in [2.05, 4.69) is 50.2 Å². The smallest absolute Gasteiger partial charge is 0.115 e. The molecule has 154 valence electrons. The molecule has 1 aliphatic rings. The second kappa shape index (κ2) is 7.31. The van der Waals surface area contributed by atoms with Gasteiger partial charge in [0.2, 0.25) is 0 Å². The van der Waals surface area contributed by atoms with E-state index in [4.69, 9.17) is 0 Å². The Morgan fingerprint density at radius 1 is 0.548 bits per heavy atom. The number of phenols is 2. The van der Waals surface area contributed by atoms with Crippen molar-refractivity contribution in [2.45, 2.75) is 32.1 Å². The molecule has 4 aromatic rings. The summed E-state index contributed by atoms with van der Waals surface area (Å²) in [6.45, 7) is 4.38. The Bertz CT molecular complexity index is 1150. The summed E-state index contributed by atoms with van der Waals surface area (Å²) in [5, 5.41) is 20.0. The first-order valence-electron chi connectivity index (χ1n) is 10.9. The van der Waals surface area contributed by atoms with Crippen LogP contribution in [0.5, 0.6) is 11.5 Å². The highest BCUT2D eigenvalue weighted by atomic mass is 16.3. The maximum absolute atomic E-state index is 9.98. The molecule has 0 spiro atoms. The molecule has 0 amide bonds. The molecule has 4 aromatic carbocycles. The average molecular weight is 407 g/mol. The number of hydrogen-bond acceptors (Lipinski definition) is 2. The number of aryl methyl sites for hydroxylation is 2. The summed E-state index contributed by atoms with van der Waals surface area (Å²) in [6, 6.07) is 28.7. The molecule has 2 heteroatoms. The van der Waals surface area contributed by atoms with E-state index in [0.717, 1.165) is 24.0 Å². The van der Waals surface area contributed by atoms with Gasteiger partial charge in [-0.1, -0.05) is 74.5 Å². The summed E-state index contributed by atoms with van der Waals surface area (Å²) in [6.07, 6.45) is 1.98. The highest BCUT2D eigenvalue weighted by Crippen LogP contribution is 2.56. The van der Waals surface area contributed by atoms with Crippen molar-refractivity contribution >= 4 is 0 Å². The van der Waals surface area contributed by atoms with E-state index in [1.807, 2.05) is 24.3 Å². The fourth-order valence-corrected chi connectivity index (χ4v) is 5.08. The summed E-state index contributed by atoms with van der Waals surface area (Å²) in [5.41, 5.74) is 9.35. The highest BCUT2D eigenvalue weighted by Gasteiger charge is 2.46. The Morgan fingerprint density at radius 2 is 0.935 bits per heavy atom. The quantitative estimate of drug-likeness (QED) is 0.354. The standard InChI is InChI=1S/C29H26O2/c1-3-19-5-15-27-25(17-19)26-18-20(4-2)6-16-28(26)29(27,21-7-11-23(30)12-8-21)22-9-13-24(31)14-10-22/h5-18,30-31H,3-4H2,1-2H3. The average Bonchev–Trinajstić information content (AvgIpc) is 3.10. The molecule has 0 fully saturated rings. The molecule has 0 atom stereocenters. The predicted octanol–water partition coefficient (Wildman–Crippen LogP) is 6.59. The largest absolute Gasteiger partial charge is 0.508 e. The first-order chi connectivity index (χ1) is 15.1. The summed E-state index contributed by atoms with van der Waals surface area (Å²) >= 11 is 0. The van der Waals surface area contributed by atoms with E-state index in [0.29, 0.717) is 0 Å². The predicted molar refractivity (Wildman–Crippen MR) is 126 cm³/mol. The van der Waals surface area contributed by atoms with Gasteiger partial charge in [0, 0.05) is 0 Å². The zero-order valence-electron chi connectivity index (χ0n) is 17.9. The van der Waals surface area contributed by atoms with Gasteiger partial charge in [-0.15, -0.1) is 0 Å². The van der Waals surface area contributed by atoms with Gasteiger partial charge in [0.25, 0.3) is 0 Å². The van der Waals surface area contributed by atoms with E-state index in [1.165, 1.54) is 33.4 Å². The van der Waals surface area contributed by atoms with Crippen molar-refractivity contribution in [3.63, 3.8) is 0 Å². The molecule has 0 radical (unpaired) electrons. The lowest BCUT2D eigenvalue weighted by atomic mass is 9.67. The molecule has 0 bridgehead atoms. The van der Waals surface area contributed by atoms with Crippen LogP contribution in [-0.2, 0) is 18.3 Å². The minimum Gasteiger partial charge on any atom is -0.508 e. The number of benzene rings is 4. The van der Waals surface area contributed by atoms with Crippen LogP contribution in [0.2, 0.25) is 0 Å². The molecule has 2 nitrogen and oxygen atoms in total. The molecule has 31 heavy (non-hydrogen) atoms. The maximum atomic E-state index is 9.98.